The van der Waals surface area contributed by atoms with Crippen LogP contribution >= 0.6 is 0 Å². The van der Waals surface area contributed by atoms with Crippen LogP contribution in [-0.2, 0) is 14.1 Å². The minimum absolute atomic E-state index is 0.170. The molecule has 0 bridgehead atoms. The summed E-state index contributed by atoms with van der Waals surface area (Å²) in [4.78, 5) is 33.8. The molecule has 0 saturated carbocycles. The number of rotatable bonds is 3. The maximum absolute atomic E-state index is 12.7. The lowest BCUT2D eigenvalue weighted by molar-refractivity contribution is -0.136. The Morgan fingerprint density at radius 2 is 1.80 bits per heavy atom. The maximum Gasteiger partial charge on any atom is 0.486 e. The molecule has 25 heavy (non-hydrogen) atoms. The predicted molar refractivity (Wildman–Crippen MR) is 93.9 cm³/mol. The zero-order chi connectivity index (χ0) is 18.6. The topological polar surface area (TPSA) is 74.7 Å². The molecule has 2 atom stereocenters. The average Bonchev–Trinajstić information content (AvgIpc) is 2.98. The Bertz CT molecular complexity index is 632. The SMILES string of the molecule is CN1C=NC2C1C(=O)N(C/C=C/B1OC(C)(C)C(C)(C)O1)C(=O)N2C. The Kier molecular flexibility index (Phi) is 4.19. The number of amides is 3. The highest BCUT2D eigenvalue weighted by Crippen LogP contribution is 2.36. The number of nitrogens with zero attached hydrogens (tertiary/aromatic N) is 4. The molecule has 2 fully saturated rings. The van der Waals surface area contributed by atoms with Crippen LogP contribution in [0.15, 0.2) is 17.0 Å². The Hall–Kier alpha value is -1.87. The van der Waals surface area contributed by atoms with Crippen LogP contribution in [0.3, 0.4) is 0 Å². The number of carbonyl (C=O) groups is 2. The molecule has 0 aliphatic carbocycles. The summed E-state index contributed by atoms with van der Waals surface area (Å²) in [5, 5.41) is 0. The van der Waals surface area contributed by atoms with Gasteiger partial charge < -0.3 is 19.1 Å². The van der Waals surface area contributed by atoms with E-state index in [9.17, 15) is 9.59 Å². The Labute approximate surface area is 148 Å². The van der Waals surface area contributed by atoms with Crippen molar-refractivity contribution in [3.05, 3.63) is 12.1 Å². The van der Waals surface area contributed by atoms with Gasteiger partial charge in [-0.2, -0.15) is 0 Å². The van der Waals surface area contributed by atoms with Crippen molar-refractivity contribution in [1.29, 1.82) is 0 Å². The number of carbonyl (C=O) groups excluding carboxylic acids is 2. The third-order valence-corrected chi connectivity index (χ3v) is 5.42. The summed E-state index contributed by atoms with van der Waals surface area (Å²) in [6, 6.07) is -0.815. The van der Waals surface area contributed by atoms with Crippen molar-refractivity contribution in [3.63, 3.8) is 0 Å². The normalized spacial score (nSPS) is 30.8. The highest BCUT2D eigenvalue weighted by atomic mass is 16.7. The molecular formula is C16H25BN4O4. The maximum atomic E-state index is 12.7. The van der Waals surface area contributed by atoms with Gasteiger partial charge in [-0.25, -0.2) is 9.79 Å². The molecule has 136 valence electrons. The van der Waals surface area contributed by atoms with Gasteiger partial charge in [-0.15, -0.1) is 0 Å². The van der Waals surface area contributed by atoms with E-state index in [1.165, 1.54) is 9.80 Å². The lowest BCUT2D eigenvalue weighted by atomic mass is 9.90. The van der Waals surface area contributed by atoms with Crippen molar-refractivity contribution in [2.24, 2.45) is 4.99 Å². The van der Waals surface area contributed by atoms with Gasteiger partial charge in [-0.1, -0.05) is 12.1 Å². The molecule has 0 aromatic rings. The van der Waals surface area contributed by atoms with Crippen LogP contribution < -0.4 is 0 Å². The predicted octanol–water partition coefficient (Wildman–Crippen LogP) is 0.736. The third kappa shape index (κ3) is 2.85. The van der Waals surface area contributed by atoms with E-state index in [0.717, 1.165) is 0 Å². The van der Waals surface area contributed by atoms with E-state index in [4.69, 9.17) is 9.31 Å². The fourth-order valence-electron chi connectivity index (χ4n) is 3.12. The van der Waals surface area contributed by atoms with Gasteiger partial charge in [0.2, 0.25) is 0 Å². The monoisotopic (exact) mass is 348 g/mol. The van der Waals surface area contributed by atoms with Crippen LogP contribution in [-0.4, -0.2) is 84.1 Å². The number of likely N-dealkylation sites (N-methyl/N-ethyl adjacent to an activating group) is 2. The molecule has 0 aromatic carbocycles. The number of fused-ring (bicyclic) bond motifs is 1. The molecule has 0 N–H and O–H groups in total. The molecular weight excluding hydrogens is 323 g/mol. The molecule has 3 rings (SSSR count). The average molecular weight is 348 g/mol. The Balaban J connectivity index is 1.67. The molecule has 2 unspecified atom stereocenters. The highest BCUT2D eigenvalue weighted by molar-refractivity contribution is 6.51. The standard InChI is InChI=1S/C16H25BN4O4/c1-15(2)16(3,4)25-17(24-15)8-7-9-21-13(22)11-12(18-10-19(11)5)20(6)14(21)23/h7-8,10-12H,9H2,1-6H3/b8-7+. The smallest absolute Gasteiger partial charge is 0.400 e. The number of aliphatic imine (C=N–C) groups is 1. The molecule has 0 radical (unpaired) electrons. The van der Waals surface area contributed by atoms with Gasteiger partial charge in [0.05, 0.1) is 17.5 Å². The first-order valence-electron chi connectivity index (χ1n) is 8.41. The lowest BCUT2D eigenvalue weighted by Gasteiger charge is -2.39. The Morgan fingerprint density at radius 3 is 2.40 bits per heavy atom. The zero-order valence-corrected chi connectivity index (χ0v) is 15.6. The molecule has 2 saturated heterocycles. The number of hydrogen-bond acceptors (Lipinski definition) is 6. The van der Waals surface area contributed by atoms with Gasteiger partial charge in [0.15, 0.2) is 12.2 Å². The second kappa shape index (κ2) is 5.84. The summed E-state index contributed by atoms with van der Waals surface area (Å²) in [6.45, 7) is 8.07. The fraction of sp³-hybridized carbons (Fsp3) is 0.688. The summed E-state index contributed by atoms with van der Waals surface area (Å²) in [7, 11) is 2.95. The first-order chi connectivity index (χ1) is 11.5. The molecule has 3 aliphatic heterocycles. The van der Waals surface area contributed by atoms with Crippen LogP contribution in [0, 0.1) is 0 Å². The van der Waals surface area contributed by atoms with Crippen LogP contribution in [0.5, 0.6) is 0 Å². The second-order valence-electron chi connectivity index (χ2n) is 7.68. The minimum atomic E-state index is -0.497. The zero-order valence-electron chi connectivity index (χ0n) is 15.6. The summed E-state index contributed by atoms with van der Waals surface area (Å²) in [5.41, 5.74) is -0.841. The van der Waals surface area contributed by atoms with E-state index < -0.39 is 30.5 Å². The molecule has 3 heterocycles. The van der Waals surface area contributed by atoms with Crippen molar-refractivity contribution in [2.45, 2.75) is 51.1 Å². The van der Waals surface area contributed by atoms with Crippen LogP contribution in [0.4, 0.5) is 4.79 Å². The van der Waals surface area contributed by atoms with Gasteiger partial charge in [0.25, 0.3) is 5.91 Å². The van der Waals surface area contributed by atoms with Gasteiger partial charge in [-0.3, -0.25) is 9.69 Å². The molecule has 8 nitrogen and oxygen atoms in total. The fourth-order valence-corrected chi connectivity index (χ4v) is 3.12. The van der Waals surface area contributed by atoms with Gasteiger partial charge >= 0.3 is 13.1 Å². The van der Waals surface area contributed by atoms with Crippen molar-refractivity contribution in [2.75, 3.05) is 20.6 Å². The molecule has 3 amide bonds. The first kappa shape index (κ1) is 17.9. The molecule has 9 heteroatoms. The van der Waals surface area contributed by atoms with Crippen molar-refractivity contribution in [1.82, 2.24) is 14.7 Å². The summed E-state index contributed by atoms with van der Waals surface area (Å²) >= 11 is 0. The van der Waals surface area contributed by atoms with E-state index in [-0.39, 0.29) is 18.5 Å². The second-order valence-corrected chi connectivity index (χ2v) is 7.68. The largest absolute Gasteiger partial charge is 0.486 e. The van der Waals surface area contributed by atoms with Crippen molar-refractivity contribution < 1.29 is 18.9 Å². The van der Waals surface area contributed by atoms with Gasteiger partial charge in [0.1, 0.15) is 0 Å². The molecule has 0 spiro atoms. The quantitative estimate of drug-likeness (QED) is 0.703. The number of imide groups is 1. The lowest BCUT2D eigenvalue weighted by Crippen LogP contribution is -2.64. The van der Waals surface area contributed by atoms with E-state index in [0.29, 0.717) is 0 Å². The first-order valence-corrected chi connectivity index (χ1v) is 8.41. The highest BCUT2D eigenvalue weighted by Gasteiger charge is 2.50. The van der Waals surface area contributed by atoms with Crippen LogP contribution in [0.25, 0.3) is 0 Å². The Morgan fingerprint density at radius 1 is 1.20 bits per heavy atom. The summed E-state index contributed by atoms with van der Waals surface area (Å²) in [5.74, 6) is 1.50. The summed E-state index contributed by atoms with van der Waals surface area (Å²) < 4.78 is 11.8. The van der Waals surface area contributed by atoms with E-state index in [2.05, 4.69) is 4.99 Å². The van der Waals surface area contributed by atoms with Crippen LogP contribution in [0.1, 0.15) is 27.7 Å². The van der Waals surface area contributed by atoms with E-state index >= 15 is 0 Å². The number of urea groups is 1. The van der Waals surface area contributed by atoms with Gasteiger partial charge in [-0.05, 0) is 27.7 Å². The van der Waals surface area contributed by atoms with Crippen molar-refractivity contribution in [3.8, 4) is 0 Å². The minimum Gasteiger partial charge on any atom is -0.400 e. The van der Waals surface area contributed by atoms with Crippen molar-refractivity contribution >= 4 is 25.4 Å². The van der Waals surface area contributed by atoms with Crippen LogP contribution in [0.2, 0.25) is 0 Å². The molecule has 0 aromatic heterocycles. The van der Waals surface area contributed by atoms with Gasteiger partial charge in [0, 0.05) is 20.6 Å². The third-order valence-electron chi connectivity index (χ3n) is 5.42. The van der Waals surface area contributed by atoms with E-state index in [1.54, 1.807) is 37.4 Å². The number of hydrogen-bond donors (Lipinski definition) is 0. The molecule has 3 aliphatic rings. The summed E-state index contributed by atoms with van der Waals surface area (Å²) in [6.07, 6.45) is 2.89. The van der Waals surface area contributed by atoms with E-state index in [1.807, 2.05) is 27.7 Å².